The number of hydrogen-bond donors (Lipinski definition) is 0. The van der Waals surface area contributed by atoms with Crippen LogP contribution in [0.1, 0.15) is 69.8 Å². The molecule has 166 valence electrons. The molecule has 4 rings (SSSR count). The Kier molecular flexibility index (Phi) is 6.78. The molecule has 0 spiro atoms. The number of rotatable bonds is 9. The average molecular weight is 430 g/mol. The molecule has 0 unspecified atom stereocenters. The van der Waals surface area contributed by atoms with Crippen LogP contribution in [0.2, 0.25) is 0 Å². The first-order valence-corrected chi connectivity index (χ1v) is 11.4. The number of hydrogen-bond acceptors (Lipinski definition) is 5. The van der Waals surface area contributed by atoms with E-state index in [0.29, 0.717) is 0 Å². The topological polar surface area (TPSA) is 69.6 Å². The van der Waals surface area contributed by atoms with Gasteiger partial charge in [0.15, 0.2) is 0 Å². The maximum absolute atomic E-state index is 5.71. The van der Waals surface area contributed by atoms with Crippen molar-refractivity contribution >= 4 is 0 Å². The molecule has 6 nitrogen and oxygen atoms in total. The molecule has 0 aliphatic heterocycles. The molecule has 32 heavy (non-hydrogen) atoms. The van der Waals surface area contributed by atoms with Crippen LogP contribution in [0.5, 0.6) is 0 Å². The van der Waals surface area contributed by atoms with Gasteiger partial charge in [-0.15, -0.1) is 10.2 Å². The standard InChI is InChI=1S/C26H31N5O/c1-18(2)26-28-27-23(32-26)16-9-8-11-20-12-10-15-22(17-20)25-24(21-13-6-5-7-14-21)29-31(30-25)19(3)4/h5-7,10,12-15,17-19H,8-9,11,16H2,1-4H3. The van der Waals surface area contributed by atoms with Gasteiger partial charge in [0.1, 0.15) is 11.4 Å². The first kappa shape index (κ1) is 21.9. The fraction of sp³-hybridized carbons (Fsp3) is 0.385. The molecular weight excluding hydrogens is 398 g/mol. The minimum atomic E-state index is 0.204. The largest absolute Gasteiger partial charge is 0.425 e. The molecule has 0 N–H and O–H groups in total. The maximum atomic E-state index is 5.71. The van der Waals surface area contributed by atoms with Gasteiger partial charge in [-0.25, -0.2) is 0 Å². The summed E-state index contributed by atoms with van der Waals surface area (Å²) in [4.78, 5) is 1.81. The van der Waals surface area contributed by atoms with Crippen LogP contribution in [0, 0.1) is 0 Å². The zero-order chi connectivity index (χ0) is 22.5. The summed E-state index contributed by atoms with van der Waals surface area (Å²) in [6.07, 6.45) is 3.90. The molecule has 0 aliphatic carbocycles. The molecule has 0 amide bonds. The highest BCUT2D eigenvalue weighted by Crippen LogP contribution is 2.30. The monoisotopic (exact) mass is 429 g/mol. The van der Waals surface area contributed by atoms with Crippen molar-refractivity contribution in [2.24, 2.45) is 0 Å². The average Bonchev–Trinajstić information content (AvgIpc) is 3.45. The summed E-state index contributed by atoms with van der Waals surface area (Å²) < 4.78 is 5.71. The molecule has 0 bridgehead atoms. The van der Waals surface area contributed by atoms with Gasteiger partial charge >= 0.3 is 0 Å². The fourth-order valence-corrected chi connectivity index (χ4v) is 3.62. The molecule has 2 aromatic carbocycles. The molecule has 4 aromatic rings. The smallest absolute Gasteiger partial charge is 0.219 e. The zero-order valence-corrected chi connectivity index (χ0v) is 19.3. The number of unbranched alkanes of at least 4 members (excludes halogenated alkanes) is 1. The van der Waals surface area contributed by atoms with Gasteiger partial charge in [0.05, 0.1) is 6.04 Å². The van der Waals surface area contributed by atoms with E-state index in [9.17, 15) is 0 Å². The van der Waals surface area contributed by atoms with Crippen LogP contribution in [-0.2, 0) is 12.8 Å². The van der Waals surface area contributed by atoms with Crippen molar-refractivity contribution < 1.29 is 4.42 Å². The number of benzene rings is 2. The van der Waals surface area contributed by atoms with E-state index in [2.05, 4.69) is 74.3 Å². The molecule has 0 saturated heterocycles. The van der Waals surface area contributed by atoms with Gasteiger partial charge in [0.2, 0.25) is 11.8 Å². The second-order valence-corrected chi connectivity index (χ2v) is 8.77. The van der Waals surface area contributed by atoms with E-state index in [0.717, 1.165) is 60.0 Å². The summed E-state index contributed by atoms with van der Waals surface area (Å²) in [5.74, 6) is 1.73. The molecule has 6 heteroatoms. The maximum Gasteiger partial charge on any atom is 0.219 e. The predicted octanol–water partition coefficient (Wildman–Crippen LogP) is 6.26. The highest BCUT2D eigenvalue weighted by Gasteiger charge is 2.16. The van der Waals surface area contributed by atoms with Crippen molar-refractivity contribution in [3.63, 3.8) is 0 Å². The summed E-state index contributed by atoms with van der Waals surface area (Å²) >= 11 is 0. The van der Waals surface area contributed by atoms with Crippen LogP contribution in [0.4, 0.5) is 0 Å². The normalized spacial score (nSPS) is 11.6. The fourth-order valence-electron chi connectivity index (χ4n) is 3.62. The highest BCUT2D eigenvalue weighted by molar-refractivity contribution is 5.77. The van der Waals surface area contributed by atoms with Crippen LogP contribution < -0.4 is 0 Å². The summed E-state index contributed by atoms with van der Waals surface area (Å²) in [5, 5.41) is 17.9. The van der Waals surface area contributed by atoms with Gasteiger partial charge in [-0.3, -0.25) is 0 Å². The third-order valence-electron chi connectivity index (χ3n) is 5.42. The Labute approximate surface area is 189 Å². The Bertz CT molecular complexity index is 1140. The van der Waals surface area contributed by atoms with Crippen molar-refractivity contribution in [1.29, 1.82) is 0 Å². The van der Waals surface area contributed by atoms with Crippen molar-refractivity contribution in [1.82, 2.24) is 25.2 Å². The van der Waals surface area contributed by atoms with E-state index < -0.39 is 0 Å². The molecule has 0 radical (unpaired) electrons. The van der Waals surface area contributed by atoms with Gasteiger partial charge in [-0.2, -0.15) is 15.0 Å². The Hall–Kier alpha value is -3.28. The number of nitrogens with zero attached hydrogens (tertiary/aromatic N) is 5. The molecular formula is C26H31N5O. The minimum Gasteiger partial charge on any atom is -0.425 e. The van der Waals surface area contributed by atoms with Crippen LogP contribution in [0.25, 0.3) is 22.5 Å². The van der Waals surface area contributed by atoms with Crippen molar-refractivity contribution in [3.05, 3.63) is 71.9 Å². The van der Waals surface area contributed by atoms with Crippen LogP contribution in [-0.4, -0.2) is 25.2 Å². The van der Waals surface area contributed by atoms with Crippen molar-refractivity contribution in [3.8, 4) is 22.5 Å². The van der Waals surface area contributed by atoms with Gasteiger partial charge in [-0.1, -0.05) is 62.4 Å². The molecule has 0 aliphatic rings. The molecule has 2 aromatic heterocycles. The second-order valence-electron chi connectivity index (χ2n) is 8.77. The van der Waals surface area contributed by atoms with E-state index in [-0.39, 0.29) is 12.0 Å². The second kappa shape index (κ2) is 9.90. The van der Waals surface area contributed by atoms with Crippen LogP contribution >= 0.6 is 0 Å². The number of aromatic nitrogens is 5. The van der Waals surface area contributed by atoms with Gasteiger partial charge in [0.25, 0.3) is 0 Å². The van der Waals surface area contributed by atoms with Gasteiger partial charge in [-0.05, 0) is 44.7 Å². The number of aryl methyl sites for hydroxylation is 2. The van der Waals surface area contributed by atoms with Crippen LogP contribution in [0.3, 0.4) is 0 Å². The highest BCUT2D eigenvalue weighted by atomic mass is 16.4. The lowest BCUT2D eigenvalue weighted by Gasteiger charge is -2.05. The van der Waals surface area contributed by atoms with Crippen LogP contribution in [0.15, 0.2) is 59.0 Å². The lowest BCUT2D eigenvalue weighted by atomic mass is 10.0. The Morgan fingerprint density at radius 3 is 2.16 bits per heavy atom. The third-order valence-corrected chi connectivity index (χ3v) is 5.42. The predicted molar refractivity (Wildman–Crippen MR) is 126 cm³/mol. The summed E-state index contributed by atoms with van der Waals surface area (Å²) in [6, 6.07) is 19.1. The lowest BCUT2D eigenvalue weighted by Crippen LogP contribution is -2.04. The zero-order valence-electron chi connectivity index (χ0n) is 19.3. The van der Waals surface area contributed by atoms with E-state index in [1.807, 2.05) is 18.2 Å². The van der Waals surface area contributed by atoms with E-state index >= 15 is 0 Å². The Morgan fingerprint density at radius 1 is 0.781 bits per heavy atom. The SMILES string of the molecule is CC(C)c1nnc(CCCCc2cccc(-c3nn(C(C)C)nc3-c3ccccc3)c2)o1. The third kappa shape index (κ3) is 5.13. The molecule has 0 atom stereocenters. The molecule has 0 saturated carbocycles. The minimum absolute atomic E-state index is 0.204. The molecule has 2 heterocycles. The quantitative estimate of drug-likeness (QED) is 0.294. The Morgan fingerprint density at radius 2 is 1.47 bits per heavy atom. The van der Waals surface area contributed by atoms with Gasteiger partial charge in [0, 0.05) is 23.5 Å². The first-order valence-electron chi connectivity index (χ1n) is 11.4. The first-order chi connectivity index (χ1) is 15.5. The van der Waals surface area contributed by atoms with Crippen molar-refractivity contribution in [2.75, 3.05) is 0 Å². The summed E-state index contributed by atoms with van der Waals surface area (Å²) in [7, 11) is 0. The molecule has 0 fully saturated rings. The lowest BCUT2D eigenvalue weighted by molar-refractivity contribution is 0.426. The Balaban J connectivity index is 1.47. The summed E-state index contributed by atoms with van der Waals surface area (Å²) in [6.45, 7) is 8.32. The summed E-state index contributed by atoms with van der Waals surface area (Å²) in [5.41, 5.74) is 5.34. The van der Waals surface area contributed by atoms with Gasteiger partial charge < -0.3 is 4.42 Å². The van der Waals surface area contributed by atoms with E-state index in [1.165, 1.54) is 5.56 Å². The van der Waals surface area contributed by atoms with E-state index in [1.54, 1.807) is 4.80 Å². The van der Waals surface area contributed by atoms with Crippen molar-refractivity contribution in [2.45, 2.75) is 65.3 Å². The van der Waals surface area contributed by atoms with E-state index in [4.69, 9.17) is 14.6 Å².